The number of anilines is 1. The summed E-state index contributed by atoms with van der Waals surface area (Å²) < 4.78 is 0. The quantitative estimate of drug-likeness (QED) is 0.579. The maximum atomic E-state index is 6.08. The van der Waals surface area contributed by atoms with E-state index in [2.05, 4.69) is 21.0 Å². The second kappa shape index (κ2) is 4.49. The third-order valence-corrected chi connectivity index (χ3v) is 4.38. The molecule has 5 heteroatoms. The van der Waals surface area contributed by atoms with Gasteiger partial charge in [0.25, 0.3) is 0 Å². The van der Waals surface area contributed by atoms with Crippen LogP contribution in [0, 0.1) is 6.92 Å². The summed E-state index contributed by atoms with van der Waals surface area (Å²) in [6.45, 7) is 2.04. The van der Waals surface area contributed by atoms with E-state index in [1.807, 2.05) is 37.3 Å². The van der Waals surface area contributed by atoms with Gasteiger partial charge in [-0.2, -0.15) is 0 Å². The van der Waals surface area contributed by atoms with Crippen molar-refractivity contribution in [1.29, 1.82) is 0 Å². The van der Waals surface area contributed by atoms with Gasteiger partial charge in [0.05, 0.1) is 5.39 Å². The van der Waals surface area contributed by atoms with Crippen LogP contribution in [0.4, 0.5) is 5.82 Å². The average molecular weight is 292 g/mol. The van der Waals surface area contributed by atoms with Gasteiger partial charge < -0.3 is 5.73 Å². The molecule has 4 nitrogen and oxygen atoms in total. The molecule has 0 atom stereocenters. The van der Waals surface area contributed by atoms with Crippen LogP contribution in [-0.2, 0) is 0 Å². The van der Waals surface area contributed by atoms with Gasteiger partial charge in [0.1, 0.15) is 16.3 Å². The van der Waals surface area contributed by atoms with Crippen molar-refractivity contribution in [3.8, 4) is 11.5 Å². The lowest BCUT2D eigenvalue weighted by molar-refractivity contribution is 1.20. The Bertz CT molecular complexity index is 969. The number of nitrogen functional groups attached to an aromatic ring is 1. The molecule has 4 aromatic rings. The van der Waals surface area contributed by atoms with Crippen LogP contribution in [0.3, 0.4) is 0 Å². The number of nitrogens with two attached hydrogens (primary N) is 1. The van der Waals surface area contributed by atoms with E-state index in [0.717, 1.165) is 26.7 Å². The van der Waals surface area contributed by atoms with Crippen molar-refractivity contribution in [2.24, 2.45) is 0 Å². The molecule has 0 unspecified atom stereocenters. The highest BCUT2D eigenvalue weighted by Gasteiger charge is 2.12. The van der Waals surface area contributed by atoms with Gasteiger partial charge in [-0.15, -0.1) is 11.3 Å². The van der Waals surface area contributed by atoms with Crippen LogP contribution in [0.25, 0.3) is 32.5 Å². The molecule has 2 N–H and O–H groups in total. The molecule has 0 saturated carbocycles. The zero-order valence-electron chi connectivity index (χ0n) is 11.4. The molecule has 0 fully saturated rings. The Morgan fingerprint density at radius 1 is 1.05 bits per heavy atom. The Balaban J connectivity index is 2.04. The summed E-state index contributed by atoms with van der Waals surface area (Å²) in [5.74, 6) is 1.09. The van der Waals surface area contributed by atoms with Gasteiger partial charge >= 0.3 is 0 Å². The molecule has 0 spiro atoms. The molecule has 1 aromatic carbocycles. The van der Waals surface area contributed by atoms with Crippen LogP contribution in [0.15, 0.2) is 42.6 Å². The maximum Gasteiger partial charge on any atom is 0.182 e. The van der Waals surface area contributed by atoms with E-state index in [1.54, 1.807) is 17.5 Å². The molecule has 21 heavy (non-hydrogen) atoms. The average Bonchev–Trinajstić information content (AvgIpc) is 2.87. The molecule has 4 rings (SSSR count). The van der Waals surface area contributed by atoms with E-state index in [9.17, 15) is 0 Å². The first-order valence-electron chi connectivity index (χ1n) is 6.60. The monoisotopic (exact) mass is 292 g/mol. The normalized spacial score (nSPS) is 11.3. The van der Waals surface area contributed by atoms with Gasteiger partial charge in [-0.05, 0) is 24.4 Å². The highest BCUT2D eigenvalue weighted by molar-refractivity contribution is 7.18. The lowest BCUT2D eigenvalue weighted by Crippen LogP contribution is -1.98. The number of aromatic nitrogens is 3. The maximum absolute atomic E-state index is 6.08. The van der Waals surface area contributed by atoms with Gasteiger partial charge in [0.2, 0.25) is 0 Å². The van der Waals surface area contributed by atoms with Gasteiger partial charge in [-0.25, -0.2) is 9.97 Å². The molecule has 3 heterocycles. The molecule has 0 aliphatic rings. The lowest BCUT2D eigenvalue weighted by Gasteiger charge is -2.05. The summed E-state index contributed by atoms with van der Waals surface area (Å²) >= 11 is 1.62. The van der Waals surface area contributed by atoms with E-state index in [4.69, 9.17) is 5.73 Å². The number of fused-ring (bicyclic) bond motifs is 2. The van der Waals surface area contributed by atoms with Gasteiger partial charge in [-0.1, -0.05) is 24.3 Å². The summed E-state index contributed by atoms with van der Waals surface area (Å²) in [5, 5.41) is 3.07. The molecule has 0 radical (unpaired) electrons. The molecule has 0 saturated heterocycles. The second-order valence-corrected chi connectivity index (χ2v) is 6.12. The zero-order valence-corrected chi connectivity index (χ0v) is 12.2. The minimum Gasteiger partial charge on any atom is -0.383 e. The van der Waals surface area contributed by atoms with E-state index in [0.29, 0.717) is 11.6 Å². The van der Waals surface area contributed by atoms with Crippen LogP contribution in [-0.4, -0.2) is 15.0 Å². The number of thiophene rings is 1. The molecule has 0 aliphatic heterocycles. The first-order valence-corrected chi connectivity index (χ1v) is 7.42. The fourth-order valence-electron chi connectivity index (χ4n) is 2.47. The molecular weight excluding hydrogens is 280 g/mol. The number of hydrogen-bond acceptors (Lipinski definition) is 5. The topological polar surface area (TPSA) is 64.7 Å². The number of benzene rings is 1. The third-order valence-electron chi connectivity index (χ3n) is 3.43. The predicted octanol–water partition coefficient (Wildman–Crippen LogP) is 3.80. The third kappa shape index (κ3) is 1.94. The minimum absolute atomic E-state index is 0.508. The van der Waals surface area contributed by atoms with E-state index in [-0.39, 0.29) is 0 Å². The Morgan fingerprint density at radius 2 is 1.90 bits per heavy atom. The summed E-state index contributed by atoms with van der Waals surface area (Å²) in [5.41, 5.74) is 6.85. The van der Waals surface area contributed by atoms with E-state index >= 15 is 0 Å². The van der Waals surface area contributed by atoms with Crippen LogP contribution >= 0.6 is 11.3 Å². The van der Waals surface area contributed by atoms with Crippen molar-refractivity contribution >= 4 is 38.1 Å². The number of nitrogens with zero attached hydrogens (tertiary/aromatic N) is 3. The first-order chi connectivity index (χ1) is 10.2. The molecule has 102 valence electrons. The van der Waals surface area contributed by atoms with Crippen molar-refractivity contribution in [2.75, 3.05) is 5.73 Å². The van der Waals surface area contributed by atoms with Crippen LogP contribution in [0.5, 0.6) is 0 Å². The summed E-state index contributed by atoms with van der Waals surface area (Å²) in [7, 11) is 0. The molecule has 0 aliphatic carbocycles. The Hall–Kier alpha value is -2.53. The molecule has 0 bridgehead atoms. The highest BCUT2D eigenvalue weighted by Crippen LogP contribution is 2.31. The summed E-state index contributed by atoms with van der Waals surface area (Å²) in [6.07, 6.45) is 1.78. The smallest absolute Gasteiger partial charge is 0.182 e. The largest absolute Gasteiger partial charge is 0.383 e. The van der Waals surface area contributed by atoms with Crippen molar-refractivity contribution in [3.63, 3.8) is 0 Å². The van der Waals surface area contributed by atoms with Crippen molar-refractivity contribution < 1.29 is 0 Å². The summed E-state index contributed by atoms with van der Waals surface area (Å²) in [4.78, 5) is 15.6. The Kier molecular flexibility index (Phi) is 2.62. The molecule has 0 amide bonds. The standard InChI is InChI=1S/C16H12N4S/c1-9-8-12-14(17)19-15(20-16(12)21-9)13-11-5-3-2-4-10(11)6-7-18-13/h2-8H,1H3,(H2,17,19,20). The van der Waals surface area contributed by atoms with Crippen molar-refractivity contribution in [2.45, 2.75) is 6.92 Å². The van der Waals surface area contributed by atoms with Crippen LogP contribution in [0.2, 0.25) is 0 Å². The summed E-state index contributed by atoms with van der Waals surface area (Å²) in [6, 6.07) is 12.1. The highest BCUT2D eigenvalue weighted by atomic mass is 32.1. The number of rotatable bonds is 1. The zero-order chi connectivity index (χ0) is 14.4. The minimum atomic E-state index is 0.508. The first kappa shape index (κ1) is 12.2. The fraction of sp³-hybridized carbons (Fsp3) is 0.0625. The second-order valence-electron chi connectivity index (χ2n) is 4.89. The SMILES string of the molecule is Cc1cc2c(N)nc(-c3nccc4ccccc34)nc2s1. The van der Waals surface area contributed by atoms with Gasteiger partial charge in [0.15, 0.2) is 5.82 Å². The van der Waals surface area contributed by atoms with E-state index < -0.39 is 0 Å². The van der Waals surface area contributed by atoms with E-state index in [1.165, 1.54) is 4.88 Å². The van der Waals surface area contributed by atoms with Crippen molar-refractivity contribution in [1.82, 2.24) is 15.0 Å². The van der Waals surface area contributed by atoms with Gasteiger partial charge in [0, 0.05) is 16.5 Å². The fourth-order valence-corrected chi connectivity index (χ4v) is 3.36. The Morgan fingerprint density at radius 3 is 2.81 bits per heavy atom. The number of aryl methyl sites for hydroxylation is 1. The van der Waals surface area contributed by atoms with Gasteiger partial charge in [-0.3, -0.25) is 4.98 Å². The molecule has 3 aromatic heterocycles. The number of hydrogen-bond donors (Lipinski definition) is 1. The Labute approximate surface area is 125 Å². The predicted molar refractivity (Wildman–Crippen MR) is 87.3 cm³/mol. The van der Waals surface area contributed by atoms with Crippen molar-refractivity contribution in [3.05, 3.63) is 47.5 Å². The van der Waals surface area contributed by atoms with Crippen LogP contribution in [0.1, 0.15) is 4.88 Å². The molecular formula is C16H12N4S. The lowest BCUT2D eigenvalue weighted by atomic mass is 10.1. The van der Waals surface area contributed by atoms with Crippen LogP contribution < -0.4 is 5.73 Å². The number of pyridine rings is 1.